The third-order valence-electron chi connectivity index (χ3n) is 3.17. The normalized spacial score (nSPS) is 13.1. The smallest absolute Gasteiger partial charge is 0.259 e. The van der Waals surface area contributed by atoms with Crippen LogP contribution in [0.4, 0.5) is 10.9 Å². The van der Waals surface area contributed by atoms with Gasteiger partial charge in [0.05, 0.1) is 16.3 Å². The molecular weight excluding hydrogens is 296 g/mol. The molecule has 0 fully saturated rings. The highest BCUT2D eigenvalue weighted by Gasteiger charge is 2.19. The van der Waals surface area contributed by atoms with E-state index in [0.717, 1.165) is 25.0 Å². The molecule has 1 aliphatic carbocycles. The summed E-state index contributed by atoms with van der Waals surface area (Å²) < 4.78 is 0. The summed E-state index contributed by atoms with van der Waals surface area (Å²) >= 11 is 7.56. The van der Waals surface area contributed by atoms with Crippen molar-refractivity contribution in [3.8, 4) is 0 Å². The molecule has 3 rings (SSSR count). The van der Waals surface area contributed by atoms with Gasteiger partial charge in [-0.1, -0.05) is 11.6 Å². The van der Waals surface area contributed by atoms with E-state index in [1.807, 2.05) is 0 Å². The van der Waals surface area contributed by atoms with Crippen LogP contribution in [0.25, 0.3) is 0 Å². The Morgan fingerprint density at radius 3 is 3.05 bits per heavy atom. The van der Waals surface area contributed by atoms with E-state index in [-0.39, 0.29) is 5.91 Å². The van der Waals surface area contributed by atoms with E-state index in [9.17, 15) is 4.79 Å². The summed E-state index contributed by atoms with van der Waals surface area (Å²) in [4.78, 5) is 22.0. The number of anilines is 2. The van der Waals surface area contributed by atoms with Gasteiger partial charge in [-0.25, -0.2) is 9.97 Å². The number of carbonyl (C=O) groups excluding carboxylic acids is 1. The predicted octanol–water partition coefficient (Wildman–Crippen LogP) is 2.97. The van der Waals surface area contributed by atoms with Crippen molar-refractivity contribution in [2.45, 2.75) is 19.3 Å². The summed E-state index contributed by atoms with van der Waals surface area (Å²) in [5.74, 6) is 0.336. The van der Waals surface area contributed by atoms with Crippen LogP contribution in [0.15, 0.2) is 12.3 Å². The number of aryl methyl sites for hydroxylation is 2. The van der Waals surface area contributed by atoms with Gasteiger partial charge in [-0.15, -0.1) is 11.3 Å². The minimum Gasteiger partial charge on any atom is -0.373 e. The zero-order valence-corrected chi connectivity index (χ0v) is 12.4. The van der Waals surface area contributed by atoms with Crippen molar-refractivity contribution in [3.63, 3.8) is 0 Å². The maximum atomic E-state index is 12.2. The number of rotatable bonds is 3. The Kier molecular flexibility index (Phi) is 3.58. The third kappa shape index (κ3) is 2.48. The van der Waals surface area contributed by atoms with Gasteiger partial charge in [-0.3, -0.25) is 10.1 Å². The number of carbonyl (C=O) groups is 1. The molecule has 104 valence electrons. The predicted molar refractivity (Wildman–Crippen MR) is 80.9 cm³/mol. The molecule has 1 aliphatic rings. The number of hydrogen-bond acceptors (Lipinski definition) is 5. The van der Waals surface area contributed by atoms with E-state index >= 15 is 0 Å². The molecule has 5 nitrogen and oxygen atoms in total. The van der Waals surface area contributed by atoms with Crippen LogP contribution in [0, 0.1) is 0 Å². The maximum absolute atomic E-state index is 12.2. The Morgan fingerprint density at radius 1 is 1.45 bits per heavy atom. The summed E-state index contributed by atoms with van der Waals surface area (Å²) in [6.07, 6.45) is 4.68. The second-order valence-electron chi connectivity index (χ2n) is 4.50. The lowest BCUT2D eigenvalue weighted by Gasteiger charge is -2.06. The van der Waals surface area contributed by atoms with Gasteiger partial charge >= 0.3 is 0 Å². The van der Waals surface area contributed by atoms with Crippen molar-refractivity contribution in [2.24, 2.45) is 0 Å². The van der Waals surface area contributed by atoms with Crippen LogP contribution in [0.3, 0.4) is 0 Å². The van der Waals surface area contributed by atoms with Crippen LogP contribution in [0.2, 0.25) is 5.02 Å². The summed E-state index contributed by atoms with van der Waals surface area (Å²) in [6.45, 7) is 0. The molecule has 0 saturated heterocycles. The lowest BCUT2D eigenvalue weighted by Crippen LogP contribution is -2.13. The minimum atomic E-state index is -0.263. The molecule has 20 heavy (non-hydrogen) atoms. The number of nitrogens with one attached hydrogen (secondary N) is 2. The quantitative estimate of drug-likeness (QED) is 0.915. The van der Waals surface area contributed by atoms with Crippen LogP contribution >= 0.6 is 22.9 Å². The van der Waals surface area contributed by atoms with Gasteiger partial charge in [0, 0.05) is 18.1 Å². The number of fused-ring (bicyclic) bond motifs is 1. The topological polar surface area (TPSA) is 66.9 Å². The van der Waals surface area contributed by atoms with Crippen LogP contribution in [0.1, 0.15) is 27.3 Å². The van der Waals surface area contributed by atoms with Crippen molar-refractivity contribution in [1.29, 1.82) is 0 Å². The molecule has 1 amide bonds. The molecule has 7 heteroatoms. The van der Waals surface area contributed by atoms with Crippen molar-refractivity contribution >= 4 is 39.8 Å². The number of aromatic nitrogens is 2. The zero-order chi connectivity index (χ0) is 14.1. The SMILES string of the molecule is CNc1cc(C(=O)Nc2nc3c(s2)CCC3)c(Cl)cn1. The highest BCUT2D eigenvalue weighted by atomic mass is 35.5. The fourth-order valence-corrected chi connectivity index (χ4v) is 3.39. The van der Waals surface area contributed by atoms with Gasteiger partial charge in [0.2, 0.25) is 0 Å². The molecule has 2 aromatic rings. The fourth-order valence-electron chi connectivity index (χ4n) is 2.16. The number of nitrogens with zero attached hydrogens (tertiary/aromatic N) is 2. The maximum Gasteiger partial charge on any atom is 0.259 e. The van der Waals surface area contributed by atoms with Gasteiger partial charge in [-0.2, -0.15) is 0 Å². The van der Waals surface area contributed by atoms with Crippen molar-refractivity contribution in [1.82, 2.24) is 9.97 Å². The summed E-state index contributed by atoms with van der Waals surface area (Å²) in [5, 5.41) is 6.65. The number of hydrogen-bond donors (Lipinski definition) is 2. The van der Waals surface area contributed by atoms with E-state index in [1.165, 1.54) is 11.1 Å². The molecule has 2 heterocycles. The molecule has 0 atom stereocenters. The molecule has 2 N–H and O–H groups in total. The first kappa shape index (κ1) is 13.3. The standard InChI is InChI=1S/C13H13ClN4OS/c1-15-11-5-7(8(14)6-16-11)12(19)18-13-17-9-3-2-4-10(9)20-13/h5-6H,2-4H2,1H3,(H,15,16)(H,17,18,19). The molecular formula is C13H13ClN4OS. The number of halogens is 1. The Balaban J connectivity index is 1.81. The average Bonchev–Trinajstić information content (AvgIpc) is 3.00. The molecule has 0 spiro atoms. The van der Waals surface area contributed by atoms with Crippen LogP contribution in [-0.4, -0.2) is 22.9 Å². The highest BCUT2D eigenvalue weighted by Crippen LogP contribution is 2.31. The molecule has 0 saturated carbocycles. The van der Waals surface area contributed by atoms with Gasteiger partial charge in [0.25, 0.3) is 5.91 Å². The first-order valence-electron chi connectivity index (χ1n) is 6.30. The zero-order valence-electron chi connectivity index (χ0n) is 10.9. The first-order valence-corrected chi connectivity index (χ1v) is 7.50. The van der Waals surface area contributed by atoms with E-state index in [2.05, 4.69) is 20.6 Å². The largest absolute Gasteiger partial charge is 0.373 e. The van der Waals surface area contributed by atoms with Gasteiger partial charge in [0.1, 0.15) is 5.82 Å². The van der Waals surface area contributed by atoms with E-state index in [0.29, 0.717) is 21.5 Å². The van der Waals surface area contributed by atoms with Crippen molar-refractivity contribution in [3.05, 3.63) is 33.4 Å². The van der Waals surface area contributed by atoms with Crippen LogP contribution in [-0.2, 0) is 12.8 Å². The second-order valence-corrected chi connectivity index (χ2v) is 5.99. The Bertz CT molecular complexity index is 649. The van der Waals surface area contributed by atoms with E-state index < -0.39 is 0 Å². The van der Waals surface area contributed by atoms with Gasteiger partial charge in [0.15, 0.2) is 5.13 Å². The van der Waals surface area contributed by atoms with Gasteiger partial charge < -0.3 is 5.32 Å². The summed E-state index contributed by atoms with van der Waals surface area (Å²) in [5.41, 5.74) is 1.50. The van der Waals surface area contributed by atoms with Gasteiger partial charge in [-0.05, 0) is 25.3 Å². The molecule has 0 radical (unpaired) electrons. The monoisotopic (exact) mass is 308 g/mol. The average molecular weight is 309 g/mol. The molecule has 0 aromatic carbocycles. The first-order chi connectivity index (χ1) is 9.67. The fraction of sp³-hybridized carbons (Fsp3) is 0.308. The highest BCUT2D eigenvalue weighted by molar-refractivity contribution is 7.16. The Hall–Kier alpha value is -1.66. The number of pyridine rings is 1. The summed E-state index contributed by atoms with van der Waals surface area (Å²) in [7, 11) is 1.74. The molecule has 0 unspecified atom stereocenters. The number of amides is 1. The minimum absolute atomic E-state index is 0.263. The van der Waals surface area contributed by atoms with Crippen LogP contribution in [0.5, 0.6) is 0 Å². The Morgan fingerprint density at radius 2 is 2.30 bits per heavy atom. The van der Waals surface area contributed by atoms with E-state index in [1.54, 1.807) is 24.5 Å². The molecule has 2 aromatic heterocycles. The molecule has 0 bridgehead atoms. The second kappa shape index (κ2) is 5.38. The Labute approximate surface area is 125 Å². The van der Waals surface area contributed by atoms with Crippen molar-refractivity contribution in [2.75, 3.05) is 17.7 Å². The summed E-state index contributed by atoms with van der Waals surface area (Å²) in [6, 6.07) is 1.62. The lowest BCUT2D eigenvalue weighted by molar-refractivity contribution is 0.102. The lowest BCUT2D eigenvalue weighted by atomic mass is 10.2. The van der Waals surface area contributed by atoms with Crippen molar-refractivity contribution < 1.29 is 4.79 Å². The van der Waals surface area contributed by atoms with Crippen LogP contribution < -0.4 is 10.6 Å². The van der Waals surface area contributed by atoms with E-state index in [4.69, 9.17) is 11.6 Å². The third-order valence-corrected chi connectivity index (χ3v) is 4.55. The molecule has 0 aliphatic heterocycles. The number of thiazole rings is 1.